The molecule has 1 unspecified atom stereocenters. The van der Waals surface area contributed by atoms with Crippen LogP contribution < -0.4 is 0 Å². The van der Waals surface area contributed by atoms with Crippen LogP contribution in [0.1, 0.15) is 58.0 Å². The highest BCUT2D eigenvalue weighted by atomic mass is 16.4. The molecular formula is C16H21NO3. The lowest BCUT2D eigenvalue weighted by Crippen LogP contribution is -2.36. The van der Waals surface area contributed by atoms with Crippen molar-refractivity contribution in [1.29, 1.82) is 0 Å². The van der Waals surface area contributed by atoms with E-state index in [1.165, 1.54) is 0 Å². The molecule has 0 radical (unpaired) electrons. The summed E-state index contributed by atoms with van der Waals surface area (Å²) in [5.74, 6) is -1.16. The van der Waals surface area contributed by atoms with Crippen molar-refractivity contribution >= 4 is 11.9 Å². The molecule has 20 heavy (non-hydrogen) atoms. The first-order valence-corrected chi connectivity index (χ1v) is 7.11. The lowest BCUT2D eigenvalue weighted by molar-refractivity contribution is 0.0667. The molecular weight excluding hydrogens is 254 g/mol. The van der Waals surface area contributed by atoms with Crippen molar-refractivity contribution < 1.29 is 14.7 Å². The first-order chi connectivity index (χ1) is 9.47. The van der Waals surface area contributed by atoms with Crippen LogP contribution in [0.4, 0.5) is 0 Å². The van der Waals surface area contributed by atoms with Gasteiger partial charge in [-0.25, -0.2) is 4.79 Å². The van der Waals surface area contributed by atoms with Crippen molar-refractivity contribution in [2.75, 3.05) is 6.54 Å². The van der Waals surface area contributed by atoms with E-state index in [-0.39, 0.29) is 17.5 Å². The Hall–Kier alpha value is -1.84. The largest absolute Gasteiger partial charge is 0.478 e. The quantitative estimate of drug-likeness (QED) is 0.922. The SMILES string of the molecule is CCC1CCCN1C(=O)c1c(C)ccc(C)c1C(=O)O. The summed E-state index contributed by atoms with van der Waals surface area (Å²) in [4.78, 5) is 26.1. The highest BCUT2D eigenvalue weighted by molar-refractivity contribution is 6.06. The number of rotatable bonds is 3. The third-order valence-electron chi connectivity index (χ3n) is 4.16. The Labute approximate surface area is 119 Å². The first-order valence-electron chi connectivity index (χ1n) is 7.11. The Morgan fingerprint density at radius 1 is 1.25 bits per heavy atom. The number of carbonyl (C=O) groups excluding carboxylic acids is 1. The number of hydrogen-bond donors (Lipinski definition) is 1. The van der Waals surface area contributed by atoms with Gasteiger partial charge in [-0.2, -0.15) is 0 Å². The number of carboxylic acids is 1. The van der Waals surface area contributed by atoms with Crippen LogP contribution in [-0.2, 0) is 0 Å². The normalized spacial score (nSPS) is 18.4. The van der Waals surface area contributed by atoms with Gasteiger partial charge in [0.1, 0.15) is 0 Å². The Morgan fingerprint density at radius 3 is 2.40 bits per heavy atom. The standard InChI is InChI=1S/C16H21NO3/c1-4-12-6-5-9-17(12)15(18)13-10(2)7-8-11(3)14(13)16(19)20/h7-8,12H,4-6,9H2,1-3H3,(H,19,20). The van der Waals surface area contributed by atoms with Crippen LogP contribution in [0.15, 0.2) is 12.1 Å². The van der Waals surface area contributed by atoms with Crippen molar-refractivity contribution in [3.05, 3.63) is 34.4 Å². The summed E-state index contributed by atoms with van der Waals surface area (Å²) >= 11 is 0. The van der Waals surface area contributed by atoms with Gasteiger partial charge >= 0.3 is 5.97 Å². The predicted octanol–water partition coefficient (Wildman–Crippen LogP) is 3.02. The van der Waals surface area contributed by atoms with Gasteiger partial charge in [-0.3, -0.25) is 4.79 Å². The monoisotopic (exact) mass is 275 g/mol. The molecule has 4 heteroatoms. The molecule has 1 fully saturated rings. The molecule has 1 aromatic carbocycles. The van der Waals surface area contributed by atoms with E-state index >= 15 is 0 Å². The smallest absolute Gasteiger partial charge is 0.336 e. The first kappa shape index (κ1) is 14.6. The molecule has 0 saturated carbocycles. The van der Waals surface area contributed by atoms with Gasteiger partial charge < -0.3 is 10.0 Å². The van der Waals surface area contributed by atoms with Gasteiger partial charge in [0.2, 0.25) is 0 Å². The average molecular weight is 275 g/mol. The lowest BCUT2D eigenvalue weighted by Gasteiger charge is -2.25. The van der Waals surface area contributed by atoms with E-state index in [2.05, 4.69) is 6.92 Å². The number of likely N-dealkylation sites (tertiary alicyclic amines) is 1. The maximum atomic E-state index is 12.8. The summed E-state index contributed by atoms with van der Waals surface area (Å²) in [6, 6.07) is 3.83. The minimum Gasteiger partial charge on any atom is -0.478 e. The van der Waals surface area contributed by atoms with Crippen molar-refractivity contribution in [2.45, 2.75) is 46.1 Å². The number of carbonyl (C=O) groups is 2. The molecule has 1 N–H and O–H groups in total. The number of hydrogen-bond acceptors (Lipinski definition) is 2. The van der Waals surface area contributed by atoms with Crippen molar-refractivity contribution in [1.82, 2.24) is 4.90 Å². The molecule has 0 aromatic heterocycles. The second kappa shape index (κ2) is 5.65. The minimum absolute atomic E-state index is 0.132. The molecule has 108 valence electrons. The van der Waals surface area contributed by atoms with Gasteiger partial charge in [-0.05, 0) is 44.2 Å². The Kier molecular flexibility index (Phi) is 4.12. The van der Waals surface area contributed by atoms with Crippen molar-refractivity contribution in [2.24, 2.45) is 0 Å². The molecule has 1 aliphatic rings. The van der Waals surface area contributed by atoms with Gasteiger partial charge in [0.15, 0.2) is 0 Å². The van der Waals surface area contributed by atoms with Gasteiger partial charge in [-0.1, -0.05) is 19.1 Å². The second-order valence-corrected chi connectivity index (χ2v) is 5.46. The van der Waals surface area contributed by atoms with E-state index in [1.807, 2.05) is 11.0 Å². The molecule has 0 aliphatic carbocycles. The van der Waals surface area contributed by atoms with E-state index < -0.39 is 5.97 Å². The summed E-state index contributed by atoms with van der Waals surface area (Å²) in [7, 11) is 0. The molecule has 1 aliphatic heterocycles. The van der Waals surface area contributed by atoms with E-state index in [4.69, 9.17) is 0 Å². The number of aromatic carboxylic acids is 1. The summed E-state index contributed by atoms with van der Waals surface area (Å²) < 4.78 is 0. The van der Waals surface area contributed by atoms with Crippen LogP contribution in [0, 0.1) is 13.8 Å². The lowest BCUT2D eigenvalue weighted by atomic mass is 9.96. The third-order valence-corrected chi connectivity index (χ3v) is 4.16. The maximum absolute atomic E-state index is 12.8. The molecule has 2 rings (SSSR count). The fourth-order valence-electron chi connectivity index (χ4n) is 3.03. The molecule has 1 amide bonds. The number of amides is 1. The van der Waals surface area contributed by atoms with Crippen LogP contribution in [-0.4, -0.2) is 34.5 Å². The number of benzene rings is 1. The van der Waals surface area contributed by atoms with Gasteiger partial charge in [-0.15, -0.1) is 0 Å². The minimum atomic E-state index is -1.03. The average Bonchev–Trinajstić information content (AvgIpc) is 2.88. The van der Waals surface area contributed by atoms with Crippen molar-refractivity contribution in [3.63, 3.8) is 0 Å². The van der Waals surface area contributed by atoms with Crippen LogP contribution in [0.2, 0.25) is 0 Å². The summed E-state index contributed by atoms with van der Waals surface area (Å²) in [5.41, 5.74) is 1.88. The van der Waals surface area contributed by atoms with Crippen LogP contribution in [0.3, 0.4) is 0 Å². The van der Waals surface area contributed by atoms with Crippen LogP contribution in [0.5, 0.6) is 0 Å². The van der Waals surface area contributed by atoms with Crippen LogP contribution in [0.25, 0.3) is 0 Å². The highest BCUT2D eigenvalue weighted by Gasteiger charge is 2.31. The molecule has 1 saturated heterocycles. The molecule has 0 spiro atoms. The highest BCUT2D eigenvalue weighted by Crippen LogP contribution is 2.26. The van der Waals surface area contributed by atoms with Crippen molar-refractivity contribution in [3.8, 4) is 0 Å². The zero-order chi connectivity index (χ0) is 14.9. The van der Waals surface area contributed by atoms with Gasteiger partial charge in [0, 0.05) is 12.6 Å². The Balaban J connectivity index is 2.49. The summed E-state index contributed by atoms with van der Waals surface area (Å²) in [5, 5.41) is 9.41. The second-order valence-electron chi connectivity index (χ2n) is 5.46. The van der Waals surface area contributed by atoms with Crippen LogP contribution >= 0.6 is 0 Å². The molecule has 1 heterocycles. The Bertz CT molecular complexity index is 551. The fraction of sp³-hybridized carbons (Fsp3) is 0.500. The van der Waals surface area contributed by atoms with E-state index in [9.17, 15) is 14.7 Å². The topological polar surface area (TPSA) is 57.6 Å². The third kappa shape index (κ3) is 2.42. The molecule has 1 aromatic rings. The number of nitrogens with zero attached hydrogens (tertiary/aromatic N) is 1. The Morgan fingerprint density at radius 2 is 1.85 bits per heavy atom. The van der Waals surface area contributed by atoms with E-state index in [0.29, 0.717) is 11.1 Å². The molecule has 0 bridgehead atoms. The maximum Gasteiger partial charge on any atom is 0.336 e. The zero-order valence-corrected chi connectivity index (χ0v) is 12.3. The summed E-state index contributed by atoms with van der Waals surface area (Å²) in [6.45, 7) is 6.33. The predicted molar refractivity (Wildman–Crippen MR) is 77.2 cm³/mol. The van der Waals surface area contributed by atoms with E-state index in [0.717, 1.165) is 31.4 Å². The fourth-order valence-corrected chi connectivity index (χ4v) is 3.03. The van der Waals surface area contributed by atoms with Gasteiger partial charge in [0.25, 0.3) is 5.91 Å². The zero-order valence-electron chi connectivity index (χ0n) is 12.3. The number of aryl methyl sites for hydroxylation is 2. The number of carboxylic acid groups (broad SMARTS) is 1. The van der Waals surface area contributed by atoms with Gasteiger partial charge in [0.05, 0.1) is 11.1 Å². The molecule has 1 atom stereocenters. The van der Waals surface area contributed by atoms with E-state index in [1.54, 1.807) is 19.9 Å². The molecule has 4 nitrogen and oxygen atoms in total. The summed E-state index contributed by atoms with van der Waals surface area (Å²) in [6.07, 6.45) is 2.92.